The number of aliphatic hydroxyl groups is 1. The minimum absolute atomic E-state index is 0.0230. The summed E-state index contributed by atoms with van der Waals surface area (Å²) in [5, 5.41) is 14.2. The molecule has 0 aliphatic carbocycles. The van der Waals surface area contributed by atoms with Crippen molar-refractivity contribution in [2.24, 2.45) is 0 Å². The van der Waals surface area contributed by atoms with E-state index >= 15 is 0 Å². The van der Waals surface area contributed by atoms with Crippen molar-refractivity contribution in [3.63, 3.8) is 0 Å². The van der Waals surface area contributed by atoms with Gasteiger partial charge in [-0.3, -0.25) is 9.59 Å². The predicted octanol–water partition coefficient (Wildman–Crippen LogP) is 1.23. The molecule has 22 heavy (non-hydrogen) atoms. The zero-order valence-electron chi connectivity index (χ0n) is 12.6. The maximum atomic E-state index is 11.5. The van der Waals surface area contributed by atoms with Gasteiger partial charge in [0.1, 0.15) is 5.75 Å². The molecule has 1 heterocycles. The zero-order chi connectivity index (χ0) is 15.8. The van der Waals surface area contributed by atoms with Crippen LogP contribution in [0.1, 0.15) is 31.2 Å². The lowest BCUT2D eigenvalue weighted by Gasteiger charge is -2.17. The van der Waals surface area contributed by atoms with Gasteiger partial charge in [-0.25, -0.2) is 0 Å². The Morgan fingerprint density at radius 3 is 3.00 bits per heavy atom. The number of hydrogen-bond donors (Lipinski definition) is 3. The van der Waals surface area contributed by atoms with Crippen molar-refractivity contribution in [3.8, 4) is 5.75 Å². The summed E-state index contributed by atoms with van der Waals surface area (Å²) in [6.07, 6.45) is 2.86. The molecule has 2 rings (SSSR count). The molecule has 0 bridgehead atoms. The molecule has 1 aliphatic heterocycles. The van der Waals surface area contributed by atoms with Gasteiger partial charge in [-0.2, -0.15) is 0 Å². The molecular weight excluding hydrogens is 284 g/mol. The van der Waals surface area contributed by atoms with Crippen molar-refractivity contribution in [1.29, 1.82) is 0 Å². The van der Waals surface area contributed by atoms with E-state index in [1.165, 1.54) is 0 Å². The Morgan fingerprint density at radius 2 is 2.18 bits per heavy atom. The summed E-state index contributed by atoms with van der Waals surface area (Å²) < 4.78 is 5.64. The fraction of sp³-hybridized carbons (Fsp3) is 0.500. The minimum atomic E-state index is -0.0230. The van der Waals surface area contributed by atoms with Crippen LogP contribution in [0.15, 0.2) is 18.2 Å². The van der Waals surface area contributed by atoms with Crippen LogP contribution in [0.25, 0.3) is 0 Å². The molecule has 1 aliphatic rings. The van der Waals surface area contributed by atoms with E-state index in [2.05, 4.69) is 10.6 Å². The molecule has 0 unspecified atom stereocenters. The molecule has 6 nitrogen and oxygen atoms in total. The van der Waals surface area contributed by atoms with E-state index in [4.69, 9.17) is 9.84 Å². The second-order valence-electron chi connectivity index (χ2n) is 5.25. The van der Waals surface area contributed by atoms with Gasteiger partial charge in [0.15, 0.2) is 0 Å². The summed E-state index contributed by atoms with van der Waals surface area (Å²) in [5.74, 6) is 0.786. The molecule has 120 valence electrons. The average Bonchev–Trinajstić information content (AvgIpc) is 2.52. The van der Waals surface area contributed by atoms with Crippen LogP contribution < -0.4 is 15.4 Å². The second-order valence-corrected chi connectivity index (χ2v) is 5.25. The number of benzene rings is 1. The fourth-order valence-corrected chi connectivity index (χ4v) is 2.27. The molecule has 0 radical (unpaired) electrons. The first-order valence-corrected chi connectivity index (χ1v) is 7.62. The highest BCUT2D eigenvalue weighted by molar-refractivity contribution is 5.93. The van der Waals surface area contributed by atoms with Gasteiger partial charge in [0.25, 0.3) is 0 Å². The molecule has 0 atom stereocenters. The van der Waals surface area contributed by atoms with Gasteiger partial charge in [0, 0.05) is 31.7 Å². The molecule has 3 N–H and O–H groups in total. The molecule has 1 aromatic carbocycles. The van der Waals surface area contributed by atoms with Crippen LogP contribution in [0, 0.1) is 0 Å². The standard InChI is InChI=1S/C16H22N2O4/c19-9-2-8-17-15(20)3-1-10-22-13-5-6-14-12(11-13)4-7-16(21)18-14/h5-6,11,19H,1-4,7-10H2,(H,17,20)(H,18,21). The summed E-state index contributed by atoms with van der Waals surface area (Å²) in [6.45, 7) is 1.06. The molecule has 2 amide bonds. The molecule has 1 aromatic rings. The molecule has 0 saturated carbocycles. The smallest absolute Gasteiger partial charge is 0.224 e. The number of fused-ring (bicyclic) bond motifs is 1. The summed E-state index contributed by atoms with van der Waals surface area (Å²) in [6, 6.07) is 5.62. The number of aryl methyl sites for hydroxylation is 1. The third-order valence-electron chi connectivity index (χ3n) is 3.45. The number of rotatable bonds is 8. The predicted molar refractivity (Wildman–Crippen MR) is 82.8 cm³/mol. The fourth-order valence-electron chi connectivity index (χ4n) is 2.27. The van der Waals surface area contributed by atoms with E-state index in [0.29, 0.717) is 38.8 Å². The topological polar surface area (TPSA) is 87.7 Å². The van der Waals surface area contributed by atoms with Crippen molar-refractivity contribution in [3.05, 3.63) is 23.8 Å². The Kier molecular flexibility index (Phi) is 6.21. The van der Waals surface area contributed by atoms with Crippen LogP contribution in [0.3, 0.4) is 0 Å². The number of nitrogens with one attached hydrogen (secondary N) is 2. The Labute approximate surface area is 129 Å². The minimum Gasteiger partial charge on any atom is -0.494 e. The first-order chi connectivity index (χ1) is 10.7. The molecule has 0 aromatic heterocycles. The van der Waals surface area contributed by atoms with E-state index < -0.39 is 0 Å². The van der Waals surface area contributed by atoms with Gasteiger partial charge in [-0.05, 0) is 43.0 Å². The number of ether oxygens (including phenoxy) is 1. The Hall–Kier alpha value is -2.08. The number of amides is 2. The van der Waals surface area contributed by atoms with Crippen molar-refractivity contribution >= 4 is 17.5 Å². The molecule has 0 spiro atoms. The first kappa shape index (κ1) is 16.3. The normalized spacial score (nSPS) is 13.2. The van der Waals surface area contributed by atoms with E-state index in [1.807, 2.05) is 18.2 Å². The van der Waals surface area contributed by atoms with Crippen molar-refractivity contribution in [2.45, 2.75) is 32.1 Å². The quantitative estimate of drug-likeness (QED) is 0.630. The monoisotopic (exact) mass is 306 g/mol. The molecule has 6 heteroatoms. The third kappa shape index (κ3) is 5.04. The summed E-state index contributed by atoms with van der Waals surface area (Å²) >= 11 is 0. The van der Waals surface area contributed by atoms with Crippen molar-refractivity contribution < 1.29 is 19.4 Å². The van der Waals surface area contributed by atoms with Crippen molar-refractivity contribution in [2.75, 3.05) is 25.1 Å². The van der Waals surface area contributed by atoms with Gasteiger partial charge in [-0.15, -0.1) is 0 Å². The van der Waals surface area contributed by atoms with E-state index in [-0.39, 0.29) is 18.4 Å². The molecule has 0 saturated heterocycles. The number of aliphatic hydroxyl groups excluding tert-OH is 1. The highest BCUT2D eigenvalue weighted by atomic mass is 16.5. The first-order valence-electron chi connectivity index (χ1n) is 7.62. The van der Waals surface area contributed by atoms with E-state index in [0.717, 1.165) is 23.4 Å². The van der Waals surface area contributed by atoms with Crippen LogP contribution in [-0.4, -0.2) is 36.7 Å². The average molecular weight is 306 g/mol. The van der Waals surface area contributed by atoms with Gasteiger partial charge in [-0.1, -0.05) is 0 Å². The maximum Gasteiger partial charge on any atom is 0.224 e. The van der Waals surface area contributed by atoms with Gasteiger partial charge >= 0.3 is 0 Å². The largest absolute Gasteiger partial charge is 0.494 e. The van der Waals surface area contributed by atoms with E-state index in [9.17, 15) is 9.59 Å². The molecular formula is C16H22N2O4. The van der Waals surface area contributed by atoms with Crippen LogP contribution >= 0.6 is 0 Å². The number of anilines is 1. The Bertz CT molecular complexity index is 531. The van der Waals surface area contributed by atoms with Crippen LogP contribution in [0.4, 0.5) is 5.69 Å². The number of hydrogen-bond acceptors (Lipinski definition) is 4. The van der Waals surface area contributed by atoms with Crippen LogP contribution in [0.2, 0.25) is 0 Å². The number of carbonyl (C=O) groups is 2. The van der Waals surface area contributed by atoms with E-state index in [1.54, 1.807) is 0 Å². The maximum absolute atomic E-state index is 11.5. The highest BCUT2D eigenvalue weighted by Gasteiger charge is 2.14. The lowest BCUT2D eigenvalue weighted by molar-refractivity contribution is -0.121. The summed E-state index contributed by atoms with van der Waals surface area (Å²) in [7, 11) is 0. The SMILES string of the molecule is O=C(CCCOc1ccc2c(c1)CCC(=O)N2)NCCCO. The highest BCUT2D eigenvalue weighted by Crippen LogP contribution is 2.26. The lowest BCUT2D eigenvalue weighted by Crippen LogP contribution is -2.25. The van der Waals surface area contributed by atoms with Gasteiger partial charge < -0.3 is 20.5 Å². The molecule has 0 fully saturated rings. The Morgan fingerprint density at radius 1 is 1.32 bits per heavy atom. The zero-order valence-corrected chi connectivity index (χ0v) is 12.6. The van der Waals surface area contributed by atoms with Crippen LogP contribution in [0.5, 0.6) is 5.75 Å². The second kappa shape index (κ2) is 8.38. The van der Waals surface area contributed by atoms with Gasteiger partial charge in [0.2, 0.25) is 11.8 Å². The summed E-state index contributed by atoms with van der Waals surface area (Å²) in [4.78, 5) is 22.7. The third-order valence-corrected chi connectivity index (χ3v) is 3.45. The van der Waals surface area contributed by atoms with Gasteiger partial charge in [0.05, 0.1) is 6.61 Å². The Balaban J connectivity index is 1.69. The summed E-state index contributed by atoms with van der Waals surface area (Å²) in [5.41, 5.74) is 1.94. The number of carbonyl (C=O) groups excluding carboxylic acids is 2. The van der Waals surface area contributed by atoms with Crippen LogP contribution in [-0.2, 0) is 16.0 Å². The lowest BCUT2D eigenvalue weighted by atomic mass is 10.0. The van der Waals surface area contributed by atoms with Crippen molar-refractivity contribution in [1.82, 2.24) is 5.32 Å².